The zero-order chi connectivity index (χ0) is 19.7. The second kappa shape index (κ2) is 7.94. The molecule has 2 fully saturated rings. The second-order valence-electron chi connectivity index (χ2n) is 7.38. The van der Waals surface area contributed by atoms with Crippen molar-refractivity contribution in [1.29, 1.82) is 0 Å². The normalized spacial score (nSPS) is 23.7. The number of halogens is 2. The number of hydrogen-bond acceptors (Lipinski definition) is 4. The van der Waals surface area contributed by atoms with Crippen molar-refractivity contribution < 1.29 is 18.8 Å². The number of amides is 4. The number of hydrogen-bond donors (Lipinski definition) is 0. The Labute approximate surface area is 162 Å². The van der Waals surface area contributed by atoms with E-state index in [0.717, 1.165) is 35.5 Å². The molecule has 0 bridgehead atoms. The molecule has 1 aromatic rings. The van der Waals surface area contributed by atoms with Crippen molar-refractivity contribution in [3.05, 3.63) is 34.6 Å². The monoisotopic (exact) mass is 395 g/mol. The Hall–Kier alpha value is -1.99. The van der Waals surface area contributed by atoms with Gasteiger partial charge < -0.3 is 0 Å². The fraction of sp³-hybridized carbons (Fsp3) is 0.526. The molecule has 27 heavy (non-hydrogen) atoms. The summed E-state index contributed by atoms with van der Waals surface area (Å²) in [5, 5.41) is 0.273. The van der Waals surface area contributed by atoms with Crippen LogP contribution in [0.5, 0.6) is 0 Å². The Bertz CT molecular complexity index is 752. The number of urea groups is 1. The Morgan fingerprint density at radius 3 is 2.56 bits per heavy atom. The van der Waals surface area contributed by atoms with E-state index in [9.17, 15) is 18.8 Å². The minimum Gasteiger partial charge on any atom is -0.284 e. The molecule has 8 heteroatoms. The van der Waals surface area contributed by atoms with Gasteiger partial charge in [-0.2, -0.15) is 0 Å². The first-order valence-corrected chi connectivity index (χ1v) is 9.49. The van der Waals surface area contributed by atoms with E-state index in [4.69, 9.17) is 11.6 Å². The Morgan fingerprint density at radius 2 is 1.89 bits per heavy atom. The van der Waals surface area contributed by atoms with E-state index >= 15 is 0 Å². The molecule has 0 unspecified atom stereocenters. The first-order valence-electron chi connectivity index (χ1n) is 9.11. The van der Waals surface area contributed by atoms with Crippen LogP contribution in [0.3, 0.4) is 0 Å². The van der Waals surface area contributed by atoms with Crippen LogP contribution in [0.25, 0.3) is 0 Å². The maximum Gasteiger partial charge on any atom is 0.335 e. The van der Waals surface area contributed by atoms with E-state index in [-0.39, 0.29) is 35.8 Å². The number of carbonyl (C=O) groups is 3. The molecular formula is C19H23ClFN3O3. The fourth-order valence-electron chi connectivity index (χ4n) is 3.86. The Kier molecular flexibility index (Phi) is 5.81. The number of nitrogens with zero attached hydrogens (tertiary/aromatic N) is 3. The van der Waals surface area contributed by atoms with Crippen molar-refractivity contribution in [2.24, 2.45) is 5.92 Å². The Balaban J connectivity index is 1.72. The van der Waals surface area contributed by atoms with Gasteiger partial charge in [-0.1, -0.05) is 37.4 Å². The van der Waals surface area contributed by atoms with Crippen LogP contribution >= 0.6 is 11.6 Å². The third-order valence-electron chi connectivity index (χ3n) is 5.35. The van der Waals surface area contributed by atoms with E-state index in [1.165, 1.54) is 12.1 Å². The summed E-state index contributed by atoms with van der Waals surface area (Å²) in [6.07, 6.45) is 3.66. The number of benzene rings is 1. The van der Waals surface area contributed by atoms with Gasteiger partial charge in [0.25, 0.3) is 0 Å². The van der Waals surface area contributed by atoms with Crippen molar-refractivity contribution >= 4 is 29.4 Å². The quantitative estimate of drug-likeness (QED) is 0.567. The summed E-state index contributed by atoms with van der Waals surface area (Å²) in [5.74, 6) is -1.88. The van der Waals surface area contributed by atoms with Crippen molar-refractivity contribution in [2.45, 2.75) is 45.2 Å². The van der Waals surface area contributed by atoms with Crippen molar-refractivity contribution in [3.63, 3.8) is 0 Å². The molecule has 0 N–H and O–H groups in total. The highest BCUT2D eigenvalue weighted by Gasteiger charge is 2.49. The molecule has 1 saturated carbocycles. The van der Waals surface area contributed by atoms with Crippen LogP contribution in [0.4, 0.5) is 9.18 Å². The minimum atomic E-state index is -0.829. The van der Waals surface area contributed by atoms with Gasteiger partial charge in [0.15, 0.2) is 0 Å². The molecule has 6 nitrogen and oxygen atoms in total. The highest BCUT2D eigenvalue weighted by molar-refractivity contribution is 6.44. The molecule has 0 spiro atoms. The molecule has 1 aliphatic heterocycles. The van der Waals surface area contributed by atoms with E-state index in [1.54, 1.807) is 18.0 Å². The zero-order valence-corrected chi connectivity index (χ0v) is 16.2. The van der Waals surface area contributed by atoms with Gasteiger partial charge in [-0.25, -0.2) is 14.1 Å². The predicted octanol–water partition coefficient (Wildman–Crippen LogP) is 3.24. The molecule has 1 heterocycles. The first kappa shape index (κ1) is 19.8. The van der Waals surface area contributed by atoms with Gasteiger partial charge in [-0.05, 0) is 37.9 Å². The maximum absolute atomic E-state index is 14.0. The van der Waals surface area contributed by atoms with Crippen LogP contribution in [0.15, 0.2) is 18.2 Å². The molecule has 4 amide bonds. The van der Waals surface area contributed by atoms with Crippen LogP contribution in [-0.2, 0) is 16.1 Å². The highest BCUT2D eigenvalue weighted by Crippen LogP contribution is 2.31. The standard InChI is InChI=1S/C19H23ClFN3O3/c1-12-6-3-4-9-16(12)24-18(26)17(25)23(19(24)27)11-22(2)10-13-14(20)7-5-8-15(13)21/h5,7-8,12,16H,3-4,6,9-11H2,1-2H3/t12-,16-/m1/s1. The third kappa shape index (κ3) is 3.84. The average molecular weight is 396 g/mol. The smallest absolute Gasteiger partial charge is 0.284 e. The first-order chi connectivity index (χ1) is 12.8. The van der Waals surface area contributed by atoms with E-state index < -0.39 is 23.7 Å². The topological polar surface area (TPSA) is 60.9 Å². The van der Waals surface area contributed by atoms with Gasteiger partial charge in [0.2, 0.25) is 0 Å². The number of imide groups is 2. The van der Waals surface area contributed by atoms with Gasteiger partial charge in [-0.3, -0.25) is 19.4 Å². The predicted molar refractivity (Wildman–Crippen MR) is 98.3 cm³/mol. The molecule has 0 radical (unpaired) electrons. The molecule has 3 rings (SSSR count). The molecule has 2 aliphatic rings. The molecule has 146 valence electrons. The van der Waals surface area contributed by atoms with Gasteiger partial charge in [0, 0.05) is 23.2 Å². The number of rotatable bonds is 5. The van der Waals surface area contributed by atoms with E-state index in [2.05, 4.69) is 0 Å². The molecule has 1 aliphatic carbocycles. The van der Waals surface area contributed by atoms with Crippen LogP contribution < -0.4 is 0 Å². The lowest BCUT2D eigenvalue weighted by Gasteiger charge is -2.34. The lowest BCUT2D eigenvalue weighted by molar-refractivity contribution is -0.145. The largest absolute Gasteiger partial charge is 0.335 e. The summed E-state index contributed by atoms with van der Waals surface area (Å²) in [4.78, 5) is 41.2. The molecule has 2 atom stereocenters. The SMILES string of the molecule is C[C@@H]1CCCC[C@H]1N1C(=O)C(=O)N(CN(C)Cc2c(F)cccc2Cl)C1=O. The second-order valence-corrected chi connectivity index (χ2v) is 7.78. The van der Waals surface area contributed by atoms with E-state index in [1.807, 2.05) is 6.92 Å². The van der Waals surface area contributed by atoms with Crippen LogP contribution in [0, 0.1) is 11.7 Å². The summed E-state index contributed by atoms with van der Waals surface area (Å²) in [5.41, 5.74) is 0.282. The van der Waals surface area contributed by atoms with Gasteiger partial charge >= 0.3 is 17.8 Å². The van der Waals surface area contributed by atoms with Crippen molar-refractivity contribution in [3.8, 4) is 0 Å². The summed E-state index contributed by atoms with van der Waals surface area (Å²) >= 11 is 6.04. The lowest BCUT2D eigenvalue weighted by Crippen LogP contribution is -2.46. The minimum absolute atomic E-state index is 0.105. The fourth-order valence-corrected chi connectivity index (χ4v) is 4.09. The van der Waals surface area contributed by atoms with Gasteiger partial charge in [0.1, 0.15) is 5.82 Å². The summed E-state index contributed by atoms with van der Waals surface area (Å²) < 4.78 is 14.0. The number of carbonyl (C=O) groups excluding carboxylic acids is 3. The summed E-state index contributed by atoms with van der Waals surface area (Å²) in [7, 11) is 1.64. The van der Waals surface area contributed by atoms with Crippen LogP contribution in [0.2, 0.25) is 5.02 Å². The molecular weight excluding hydrogens is 373 g/mol. The van der Waals surface area contributed by atoms with Crippen molar-refractivity contribution in [2.75, 3.05) is 13.7 Å². The van der Waals surface area contributed by atoms with Crippen LogP contribution in [0.1, 0.15) is 38.2 Å². The van der Waals surface area contributed by atoms with Gasteiger partial charge in [0.05, 0.1) is 6.67 Å². The highest BCUT2D eigenvalue weighted by atomic mass is 35.5. The summed E-state index contributed by atoms with van der Waals surface area (Å²) in [6, 6.07) is 3.57. The van der Waals surface area contributed by atoms with Crippen molar-refractivity contribution in [1.82, 2.24) is 14.7 Å². The Morgan fingerprint density at radius 1 is 1.19 bits per heavy atom. The zero-order valence-electron chi connectivity index (χ0n) is 15.5. The van der Waals surface area contributed by atoms with E-state index in [0.29, 0.717) is 0 Å². The molecule has 0 aromatic heterocycles. The van der Waals surface area contributed by atoms with Crippen LogP contribution in [-0.4, -0.2) is 52.3 Å². The molecule has 1 aromatic carbocycles. The lowest BCUT2D eigenvalue weighted by atomic mass is 9.85. The molecule has 1 saturated heterocycles. The van der Waals surface area contributed by atoms with Gasteiger partial charge in [-0.15, -0.1) is 0 Å². The average Bonchev–Trinajstić information content (AvgIpc) is 2.83. The summed E-state index contributed by atoms with van der Waals surface area (Å²) in [6.45, 7) is 2.01. The third-order valence-corrected chi connectivity index (χ3v) is 5.71. The maximum atomic E-state index is 14.0.